The number of piperidine rings is 1. The van der Waals surface area contributed by atoms with Gasteiger partial charge in [0.25, 0.3) is 5.91 Å². The molecule has 0 saturated carbocycles. The van der Waals surface area contributed by atoms with Crippen molar-refractivity contribution in [1.82, 2.24) is 25.6 Å². The number of nitrogens with one attached hydrogen (secondary N) is 2. The fourth-order valence-corrected chi connectivity index (χ4v) is 3.87. The summed E-state index contributed by atoms with van der Waals surface area (Å²) in [6, 6.07) is 21.0. The molecule has 6 nitrogen and oxygen atoms in total. The Morgan fingerprint density at radius 3 is 2.43 bits per heavy atom. The minimum absolute atomic E-state index is 0. The van der Waals surface area contributed by atoms with Gasteiger partial charge < -0.3 is 10.6 Å². The number of benzene rings is 2. The molecule has 30 heavy (non-hydrogen) atoms. The number of rotatable bonds is 7. The Morgan fingerprint density at radius 1 is 1.07 bits per heavy atom. The molecule has 1 amide bonds. The molecule has 1 saturated heterocycles. The van der Waals surface area contributed by atoms with E-state index in [2.05, 4.69) is 57.3 Å². The van der Waals surface area contributed by atoms with Crippen molar-refractivity contribution in [3.05, 3.63) is 83.7 Å². The van der Waals surface area contributed by atoms with Crippen molar-refractivity contribution >= 4 is 18.3 Å². The largest absolute Gasteiger partial charge is 0.350 e. The first kappa shape index (κ1) is 22.0. The first-order chi connectivity index (χ1) is 14.3. The molecule has 0 bridgehead atoms. The van der Waals surface area contributed by atoms with Gasteiger partial charge in [-0.1, -0.05) is 65.9 Å². The fourth-order valence-electron chi connectivity index (χ4n) is 3.87. The van der Waals surface area contributed by atoms with Crippen molar-refractivity contribution in [2.24, 2.45) is 0 Å². The van der Waals surface area contributed by atoms with Gasteiger partial charge in [0.15, 0.2) is 5.69 Å². The lowest BCUT2D eigenvalue weighted by molar-refractivity contribution is 0.0946. The summed E-state index contributed by atoms with van der Waals surface area (Å²) in [5.74, 6) is 0.0289. The lowest BCUT2D eigenvalue weighted by Crippen LogP contribution is -2.30. The summed E-state index contributed by atoms with van der Waals surface area (Å²) in [6.07, 6.45) is 4.67. The minimum Gasteiger partial charge on any atom is -0.350 e. The van der Waals surface area contributed by atoms with Crippen molar-refractivity contribution in [3.8, 4) is 0 Å². The number of carbonyl (C=O) groups is 1. The van der Waals surface area contributed by atoms with Crippen molar-refractivity contribution in [2.45, 2.75) is 31.2 Å². The Bertz CT molecular complexity index is 910. The summed E-state index contributed by atoms with van der Waals surface area (Å²) >= 11 is 0. The Kier molecular flexibility index (Phi) is 7.99. The van der Waals surface area contributed by atoms with Crippen LogP contribution in [0.25, 0.3) is 0 Å². The number of hydrogen-bond acceptors (Lipinski definition) is 4. The van der Waals surface area contributed by atoms with Crippen LogP contribution in [0.4, 0.5) is 0 Å². The molecule has 7 heteroatoms. The molecule has 1 aliphatic heterocycles. The van der Waals surface area contributed by atoms with Crippen LogP contribution in [0.1, 0.15) is 46.4 Å². The van der Waals surface area contributed by atoms with Gasteiger partial charge in [-0.05, 0) is 43.5 Å². The Hall–Kier alpha value is -2.70. The zero-order valence-electron chi connectivity index (χ0n) is 16.9. The van der Waals surface area contributed by atoms with Gasteiger partial charge in [0.05, 0.1) is 12.2 Å². The molecule has 0 radical (unpaired) electrons. The van der Waals surface area contributed by atoms with E-state index in [0.717, 1.165) is 32.4 Å². The second kappa shape index (κ2) is 10.9. The van der Waals surface area contributed by atoms with Crippen LogP contribution in [0.5, 0.6) is 0 Å². The maximum absolute atomic E-state index is 12.7. The molecule has 2 heterocycles. The highest BCUT2D eigenvalue weighted by Gasteiger charge is 2.20. The van der Waals surface area contributed by atoms with Crippen molar-refractivity contribution in [1.29, 1.82) is 0 Å². The van der Waals surface area contributed by atoms with Crippen LogP contribution in [0.3, 0.4) is 0 Å². The average Bonchev–Trinajstić information content (AvgIpc) is 3.29. The van der Waals surface area contributed by atoms with Crippen molar-refractivity contribution in [2.75, 3.05) is 19.6 Å². The first-order valence-corrected chi connectivity index (χ1v) is 10.3. The quantitative estimate of drug-likeness (QED) is 0.608. The van der Waals surface area contributed by atoms with E-state index in [9.17, 15) is 4.79 Å². The molecule has 3 aromatic rings. The number of amides is 1. The first-order valence-electron chi connectivity index (χ1n) is 10.3. The Labute approximate surface area is 183 Å². The summed E-state index contributed by atoms with van der Waals surface area (Å²) in [5, 5.41) is 14.7. The molecule has 158 valence electrons. The van der Waals surface area contributed by atoms with E-state index in [1.807, 2.05) is 28.9 Å². The molecular weight excluding hydrogens is 398 g/mol. The molecule has 4 rings (SSSR count). The third-order valence-electron chi connectivity index (χ3n) is 5.53. The molecule has 1 aromatic heterocycles. The Morgan fingerprint density at radius 2 is 1.73 bits per heavy atom. The van der Waals surface area contributed by atoms with E-state index in [4.69, 9.17) is 0 Å². The Balaban J connectivity index is 0.00000256. The predicted molar refractivity (Wildman–Crippen MR) is 120 cm³/mol. The van der Waals surface area contributed by atoms with Crippen LogP contribution in [-0.4, -0.2) is 40.5 Å². The van der Waals surface area contributed by atoms with Gasteiger partial charge in [-0.2, -0.15) is 0 Å². The summed E-state index contributed by atoms with van der Waals surface area (Å²) in [4.78, 5) is 12.7. The fraction of sp³-hybridized carbons (Fsp3) is 0.348. The van der Waals surface area contributed by atoms with Gasteiger partial charge in [-0.25, -0.2) is 4.68 Å². The summed E-state index contributed by atoms with van der Waals surface area (Å²) in [5.41, 5.74) is 2.86. The lowest BCUT2D eigenvalue weighted by atomic mass is 9.92. The van der Waals surface area contributed by atoms with E-state index < -0.39 is 0 Å². The van der Waals surface area contributed by atoms with Crippen molar-refractivity contribution < 1.29 is 4.79 Å². The summed E-state index contributed by atoms with van der Waals surface area (Å²) in [7, 11) is 0. The monoisotopic (exact) mass is 425 g/mol. The number of carbonyl (C=O) groups excluding carboxylic acids is 1. The van der Waals surface area contributed by atoms with Crippen LogP contribution in [0.15, 0.2) is 66.9 Å². The molecule has 2 N–H and O–H groups in total. The van der Waals surface area contributed by atoms with E-state index in [0.29, 0.717) is 18.3 Å². The number of aromatic nitrogens is 3. The van der Waals surface area contributed by atoms with Gasteiger partial charge in [-0.3, -0.25) is 4.79 Å². The predicted octanol–water partition coefficient (Wildman–Crippen LogP) is 3.38. The van der Waals surface area contributed by atoms with E-state index in [1.165, 1.54) is 11.1 Å². The third kappa shape index (κ3) is 5.68. The number of halogens is 1. The third-order valence-corrected chi connectivity index (χ3v) is 5.53. The molecular formula is C23H28ClN5O. The summed E-state index contributed by atoms with van der Waals surface area (Å²) in [6.45, 7) is 2.51. The molecule has 1 fully saturated rings. The van der Waals surface area contributed by atoms with E-state index >= 15 is 0 Å². The second-order valence-electron chi connectivity index (χ2n) is 7.57. The topological polar surface area (TPSA) is 71.8 Å². The lowest BCUT2D eigenvalue weighted by Gasteiger charge is -2.22. The zero-order valence-corrected chi connectivity index (χ0v) is 17.7. The van der Waals surface area contributed by atoms with E-state index in [1.54, 1.807) is 6.20 Å². The number of nitrogens with zero attached hydrogens (tertiary/aromatic N) is 3. The van der Waals surface area contributed by atoms with Gasteiger partial charge in [0.2, 0.25) is 0 Å². The minimum atomic E-state index is -0.167. The van der Waals surface area contributed by atoms with Crippen LogP contribution in [-0.2, 0) is 6.42 Å². The van der Waals surface area contributed by atoms with Gasteiger partial charge >= 0.3 is 0 Å². The maximum atomic E-state index is 12.7. The smallest absolute Gasteiger partial charge is 0.273 e. The zero-order chi connectivity index (χ0) is 19.9. The van der Waals surface area contributed by atoms with Crippen LogP contribution in [0.2, 0.25) is 0 Å². The van der Waals surface area contributed by atoms with Gasteiger partial charge in [-0.15, -0.1) is 17.5 Å². The molecule has 2 aromatic carbocycles. The van der Waals surface area contributed by atoms with Crippen LogP contribution < -0.4 is 10.6 Å². The molecule has 0 spiro atoms. The highest BCUT2D eigenvalue weighted by molar-refractivity contribution is 5.91. The highest BCUT2D eigenvalue weighted by atomic mass is 35.5. The molecule has 1 atom stereocenters. The summed E-state index contributed by atoms with van der Waals surface area (Å²) < 4.78 is 1.84. The SMILES string of the molecule is Cl.O=C(NCC(Cc1ccccc1)c1ccccc1)c1cn(C2CCNCC2)nn1. The van der Waals surface area contributed by atoms with Crippen LogP contribution >= 0.6 is 12.4 Å². The maximum Gasteiger partial charge on any atom is 0.273 e. The molecule has 0 aliphatic carbocycles. The van der Waals surface area contributed by atoms with Crippen LogP contribution in [0, 0.1) is 0 Å². The van der Waals surface area contributed by atoms with Crippen molar-refractivity contribution in [3.63, 3.8) is 0 Å². The van der Waals surface area contributed by atoms with E-state index in [-0.39, 0.29) is 24.2 Å². The number of hydrogen-bond donors (Lipinski definition) is 2. The molecule has 1 unspecified atom stereocenters. The van der Waals surface area contributed by atoms with Gasteiger partial charge in [0, 0.05) is 12.5 Å². The molecule has 1 aliphatic rings. The highest BCUT2D eigenvalue weighted by Crippen LogP contribution is 2.21. The second-order valence-corrected chi connectivity index (χ2v) is 7.57. The standard InChI is InChI=1S/C23H27N5O.ClH/c29-23(22-17-28(27-26-22)21-11-13-24-14-12-21)25-16-20(19-9-5-2-6-10-19)15-18-7-3-1-4-8-18;/h1-10,17,20-21,24H,11-16H2,(H,25,29);1H. The normalized spacial score (nSPS) is 15.2. The van der Waals surface area contributed by atoms with Gasteiger partial charge in [0.1, 0.15) is 0 Å². The average molecular weight is 426 g/mol.